The van der Waals surface area contributed by atoms with Crippen molar-refractivity contribution in [1.29, 1.82) is 5.26 Å². The van der Waals surface area contributed by atoms with Gasteiger partial charge in [0, 0.05) is 56.0 Å². The highest BCUT2D eigenvalue weighted by Gasteiger charge is 2.37. The average molecular weight is 532 g/mol. The SMILES string of the molecule is CCC1CN(c2cc(=O)n(C)c3ccc(C#N)nc23)[C@@H](C)CN1C(CC)c1ccc(OC(F)(F)F)cc1F. The number of aryl methyl sites for hydroxylation is 1. The lowest BCUT2D eigenvalue weighted by Gasteiger charge is -2.49. The van der Waals surface area contributed by atoms with E-state index in [4.69, 9.17) is 0 Å². The van der Waals surface area contributed by atoms with E-state index in [0.717, 1.165) is 18.6 Å². The first-order valence-corrected chi connectivity index (χ1v) is 12.5. The molecule has 0 spiro atoms. The topological polar surface area (TPSA) is 74.4 Å². The number of benzene rings is 1. The zero-order valence-corrected chi connectivity index (χ0v) is 21.6. The molecule has 0 bridgehead atoms. The zero-order chi connectivity index (χ0) is 27.8. The molecule has 1 fully saturated rings. The second-order valence-corrected chi connectivity index (χ2v) is 9.52. The fraction of sp³-hybridized carbons (Fsp3) is 0.444. The molecule has 0 amide bonds. The van der Waals surface area contributed by atoms with E-state index >= 15 is 4.39 Å². The Morgan fingerprint density at radius 1 is 1.18 bits per heavy atom. The van der Waals surface area contributed by atoms with E-state index in [1.165, 1.54) is 16.7 Å². The van der Waals surface area contributed by atoms with Crippen LogP contribution in [-0.4, -0.2) is 46.0 Å². The summed E-state index contributed by atoms with van der Waals surface area (Å²) in [7, 11) is 1.66. The van der Waals surface area contributed by atoms with E-state index in [-0.39, 0.29) is 29.4 Å². The van der Waals surface area contributed by atoms with Crippen LogP contribution in [0.5, 0.6) is 5.75 Å². The minimum atomic E-state index is -4.90. The van der Waals surface area contributed by atoms with E-state index in [0.29, 0.717) is 41.8 Å². The van der Waals surface area contributed by atoms with Crippen LogP contribution in [-0.2, 0) is 7.05 Å². The Bertz CT molecular complexity index is 1430. The van der Waals surface area contributed by atoms with Crippen molar-refractivity contribution < 1.29 is 22.3 Å². The summed E-state index contributed by atoms with van der Waals surface area (Å²) in [6.45, 7) is 6.97. The predicted molar refractivity (Wildman–Crippen MR) is 135 cm³/mol. The first kappa shape index (κ1) is 27.4. The van der Waals surface area contributed by atoms with Crippen molar-refractivity contribution in [2.45, 2.75) is 58.1 Å². The Morgan fingerprint density at radius 2 is 1.92 bits per heavy atom. The molecule has 3 atom stereocenters. The highest BCUT2D eigenvalue weighted by Crippen LogP contribution is 2.36. The van der Waals surface area contributed by atoms with Crippen molar-refractivity contribution >= 4 is 16.7 Å². The molecule has 4 rings (SSSR count). The van der Waals surface area contributed by atoms with Crippen LogP contribution in [0.2, 0.25) is 0 Å². The van der Waals surface area contributed by atoms with Gasteiger partial charge in [0.2, 0.25) is 0 Å². The molecule has 1 saturated heterocycles. The third-order valence-electron chi connectivity index (χ3n) is 7.20. The Hall–Kier alpha value is -3.65. The molecule has 0 radical (unpaired) electrons. The fourth-order valence-corrected chi connectivity index (χ4v) is 5.35. The normalized spacial score (nSPS) is 19.4. The van der Waals surface area contributed by atoms with E-state index in [9.17, 15) is 23.2 Å². The quantitative estimate of drug-likeness (QED) is 0.403. The van der Waals surface area contributed by atoms with Crippen LogP contribution < -0.4 is 15.2 Å². The maximum atomic E-state index is 15.1. The Balaban J connectivity index is 1.69. The number of nitriles is 1. The van der Waals surface area contributed by atoms with Gasteiger partial charge in [-0.2, -0.15) is 5.26 Å². The lowest BCUT2D eigenvalue weighted by Crippen LogP contribution is -2.58. The van der Waals surface area contributed by atoms with Crippen LogP contribution in [0.25, 0.3) is 11.0 Å². The molecular formula is C27H29F4N5O2. The second kappa shape index (κ2) is 10.6. The first-order valence-electron chi connectivity index (χ1n) is 12.5. The van der Waals surface area contributed by atoms with E-state index in [1.54, 1.807) is 19.2 Å². The van der Waals surface area contributed by atoms with Crippen molar-refractivity contribution in [2.24, 2.45) is 7.05 Å². The molecular weight excluding hydrogens is 502 g/mol. The van der Waals surface area contributed by atoms with Crippen LogP contribution in [0.15, 0.2) is 41.2 Å². The number of hydrogen-bond donors (Lipinski definition) is 0. The third kappa shape index (κ3) is 5.31. The van der Waals surface area contributed by atoms with E-state index in [1.807, 2.05) is 20.8 Å². The van der Waals surface area contributed by atoms with Crippen LogP contribution in [0, 0.1) is 17.1 Å². The zero-order valence-electron chi connectivity index (χ0n) is 21.6. The molecule has 38 heavy (non-hydrogen) atoms. The highest BCUT2D eigenvalue weighted by atomic mass is 19.4. The van der Waals surface area contributed by atoms with Gasteiger partial charge in [0.25, 0.3) is 5.56 Å². The number of anilines is 1. The molecule has 2 unspecified atom stereocenters. The van der Waals surface area contributed by atoms with Gasteiger partial charge < -0.3 is 14.2 Å². The standard InChI is InChI=1S/C27H29F4N5O2/c1-5-18-15-35(24-12-25(37)34(4)23-10-7-17(13-32)33-26(23)24)16(3)14-36(18)22(6-2)20-9-8-19(11-21(20)28)38-27(29,30)31/h7-12,16,18,22H,5-6,14-15H2,1-4H3/t16-,18?,22?/m0/s1. The molecule has 2 aromatic heterocycles. The van der Waals surface area contributed by atoms with Gasteiger partial charge in [-0.05, 0) is 38.0 Å². The Labute approximate surface area is 217 Å². The largest absolute Gasteiger partial charge is 0.573 e. The first-order chi connectivity index (χ1) is 18.0. The maximum absolute atomic E-state index is 15.1. The van der Waals surface area contributed by atoms with Crippen LogP contribution in [0.4, 0.5) is 23.2 Å². The number of alkyl halides is 3. The number of aromatic nitrogens is 2. The lowest BCUT2D eigenvalue weighted by molar-refractivity contribution is -0.274. The fourth-order valence-electron chi connectivity index (χ4n) is 5.35. The van der Waals surface area contributed by atoms with Gasteiger partial charge in [-0.3, -0.25) is 9.69 Å². The number of piperazine rings is 1. The number of pyridine rings is 2. The van der Waals surface area contributed by atoms with Gasteiger partial charge in [-0.25, -0.2) is 9.37 Å². The Kier molecular flexibility index (Phi) is 7.65. The number of halogens is 4. The number of fused-ring (bicyclic) bond motifs is 1. The average Bonchev–Trinajstić information content (AvgIpc) is 2.87. The van der Waals surface area contributed by atoms with Gasteiger partial charge in [0.1, 0.15) is 28.8 Å². The summed E-state index contributed by atoms with van der Waals surface area (Å²) in [4.78, 5) is 21.6. The second-order valence-electron chi connectivity index (χ2n) is 9.52. The predicted octanol–water partition coefficient (Wildman–Crippen LogP) is 5.28. The third-order valence-corrected chi connectivity index (χ3v) is 7.20. The van der Waals surface area contributed by atoms with Crippen molar-refractivity contribution in [1.82, 2.24) is 14.5 Å². The lowest BCUT2D eigenvalue weighted by atomic mass is 9.95. The smallest absolute Gasteiger partial charge is 0.406 e. The molecule has 1 aromatic carbocycles. The number of hydrogen-bond acceptors (Lipinski definition) is 6. The molecule has 0 aliphatic carbocycles. The van der Waals surface area contributed by atoms with Crippen LogP contribution in [0.1, 0.15) is 50.9 Å². The van der Waals surface area contributed by atoms with E-state index < -0.39 is 17.9 Å². The number of rotatable bonds is 6. The minimum Gasteiger partial charge on any atom is -0.406 e. The maximum Gasteiger partial charge on any atom is 0.573 e. The van der Waals surface area contributed by atoms with Crippen molar-refractivity contribution in [2.75, 3.05) is 18.0 Å². The van der Waals surface area contributed by atoms with Gasteiger partial charge in [0.15, 0.2) is 0 Å². The summed E-state index contributed by atoms with van der Waals surface area (Å²) in [5.41, 5.74) is 2.16. The summed E-state index contributed by atoms with van der Waals surface area (Å²) in [6, 6.07) is 9.63. The molecule has 0 saturated carbocycles. The minimum absolute atomic E-state index is 0.0418. The van der Waals surface area contributed by atoms with Crippen LogP contribution in [0.3, 0.4) is 0 Å². The summed E-state index contributed by atoms with van der Waals surface area (Å²) < 4.78 is 58.2. The molecule has 202 valence electrons. The van der Waals surface area contributed by atoms with Gasteiger partial charge >= 0.3 is 6.36 Å². The number of ether oxygens (including phenoxy) is 1. The van der Waals surface area contributed by atoms with E-state index in [2.05, 4.69) is 25.6 Å². The summed E-state index contributed by atoms with van der Waals surface area (Å²) in [5, 5.41) is 9.39. The highest BCUT2D eigenvalue weighted by molar-refractivity contribution is 5.89. The van der Waals surface area contributed by atoms with Crippen LogP contribution >= 0.6 is 0 Å². The van der Waals surface area contributed by atoms with Crippen molar-refractivity contribution in [3.05, 3.63) is 63.8 Å². The molecule has 11 heteroatoms. The summed E-state index contributed by atoms with van der Waals surface area (Å²) in [6.07, 6.45) is -3.64. The summed E-state index contributed by atoms with van der Waals surface area (Å²) >= 11 is 0. The van der Waals surface area contributed by atoms with Gasteiger partial charge in [-0.1, -0.05) is 19.9 Å². The molecule has 3 aromatic rings. The summed E-state index contributed by atoms with van der Waals surface area (Å²) in [5.74, 6) is -1.35. The Morgan fingerprint density at radius 3 is 2.53 bits per heavy atom. The van der Waals surface area contributed by atoms with Gasteiger partial charge in [0.05, 0.1) is 11.2 Å². The molecule has 1 aliphatic heterocycles. The van der Waals surface area contributed by atoms with Crippen molar-refractivity contribution in [3.8, 4) is 11.8 Å². The molecule has 3 heterocycles. The molecule has 7 nitrogen and oxygen atoms in total. The molecule has 1 aliphatic rings. The van der Waals surface area contributed by atoms with Gasteiger partial charge in [-0.15, -0.1) is 13.2 Å². The molecule has 0 N–H and O–H groups in total. The number of nitrogens with zero attached hydrogens (tertiary/aromatic N) is 5. The monoisotopic (exact) mass is 531 g/mol. The van der Waals surface area contributed by atoms with Crippen molar-refractivity contribution in [3.63, 3.8) is 0 Å².